The van der Waals surface area contributed by atoms with Gasteiger partial charge in [-0.2, -0.15) is 0 Å². The summed E-state index contributed by atoms with van der Waals surface area (Å²) >= 11 is 0. The van der Waals surface area contributed by atoms with E-state index in [2.05, 4.69) is 30.4 Å². The molecule has 8 rings (SSSR count). The van der Waals surface area contributed by atoms with Gasteiger partial charge in [0.25, 0.3) is 0 Å². The molecular weight excluding hydrogens is 656 g/mol. The predicted octanol–water partition coefficient (Wildman–Crippen LogP) is 9.14. The van der Waals surface area contributed by atoms with Gasteiger partial charge in [0.1, 0.15) is 0 Å². The third-order valence-corrected chi connectivity index (χ3v) is 10.0. The van der Waals surface area contributed by atoms with Gasteiger partial charge in [-0.15, -0.1) is 0 Å². The molecule has 4 N–H and O–H groups in total. The maximum atomic E-state index is 11.7. The molecular formula is C44H28O8. The zero-order valence-corrected chi connectivity index (χ0v) is 27.3. The highest BCUT2D eigenvalue weighted by Gasteiger charge is 2.32. The summed E-state index contributed by atoms with van der Waals surface area (Å²) in [6.45, 7) is 0. The standard InChI is InChI=1S/C44H28O8/c45-41(46)27-9-1-23(2-10-27)35-21-36(24-3-11-28(12-4-24)42(47)48)32-19-20-34-38(26-7-15-30(16-8-26)44(51)52)22-37(25-5-13-29(14-6-25)43(49)50)33-18-17-31(35)39(32)40(33)34/h1-19,21-22,36H,20H2,(H,45,46)(H,47,48)(H,49,50)(H,51,52). The van der Waals surface area contributed by atoms with Gasteiger partial charge in [0.2, 0.25) is 0 Å². The Bertz CT molecular complexity index is 2560. The quantitative estimate of drug-likeness (QED) is 0.124. The van der Waals surface area contributed by atoms with Gasteiger partial charge in [-0.3, -0.25) is 0 Å². The molecule has 8 nitrogen and oxygen atoms in total. The molecule has 0 aromatic heterocycles. The van der Waals surface area contributed by atoms with E-state index in [4.69, 9.17) is 0 Å². The fourth-order valence-electron chi connectivity index (χ4n) is 7.50. The second-order valence-electron chi connectivity index (χ2n) is 12.9. The molecule has 2 aliphatic rings. The zero-order valence-electron chi connectivity index (χ0n) is 27.3. The number of carbonyl (C=O) groups is 4. The van der Waals surface area contributed by atoms with Crippen molar-refractivity contribution in [2.45, 2.75) is 12.3 Å². The van der Waals surface area contributed by atoms with Gasteiger partial charge in [0.15, 0.2) is 0 Å². The number of hydrogen-bond acceptors (Lipinski definition) is 4. The van der Waals surface area contributed by atoms with Gasteiger partial charge in [0, 0.05) is 5.92 Å². The van der Waals surface area contributed by atoms with Crippen molar-refractivity contribution >= 4 is 45.8 Å². The van der Waals surface area contributed by atoms with Crippen LogP contribution in [-0.4, -0.2) is 44.3 Å². The molecule has 1 atom stereocenters. The normalized spacial score (nSPS) is 14.3. The van der Waals surface area contributed by atoms with Gasteiger partial charge >= 0.3 is 23.9 Å². The van der Waals surface area contributed by atoms with Crippen LogP contribution < -0.4 is 0 Å². The molecule has 2 aliphatic carbocycles. The summed E-state index contributed by atoms with van der Waals surface area (Å²) in [6.07, 6.45) is 4.92. The Balaban J connectivity index is 1.42. The van der Waals surface area contributed by atoms with Gasteiger partial charge in [-0.05, 0) is 133 Å². The number of allylic oxidation sites excluding steroid dienone is 3. The molecule has 252 valence electrons. The molecule has 0 amide bonds. The van der Waals surface area contributed by atoms with E-state index in [-0.39, 0.29) is 28.2 Å². The van der Waals surface area contributed by atoms with Gasteiger partial charge in [0.05, 0.1) is 22.3 Å². The third kappa shape index (κ3) is 5.34. The summed E-state index contributed by atoms with van der Waals surface area (Å²) in [5.74, 6) is -4.35. The van der Waals surface area contributed by atoms with Crippen LogP contribution in [0.4, 0.5) is 0 Å². The van der Waals surface area contributed by atoms with Crippen LogP contribution in [-0.2, 0) is 6.42 Å². The lowest BCUT2D eigenvalue weighted by Crippen LogP contribution is -2.14. The highest BCUT2D eigenvalue weighted by molar-refractivity contribution is 6.13. The minimum absolute atomic E-state index is 0.165. The minimum atomic E-state index is -1.03. The SMILES string of the molecule is O=C(O)c1ccc(C2=CC(c3ccc(C(=O)O)cc3)C3=CCc4c(-c5ccc(C(=O)O)cc5)cc(-c5ccc(C(=O)O)cc5)c5ccc2c3c45)cc1. The lowest BCUT2D eigenvalue weighted by Gasteiger charge is -2.33. The molecule has 0 saturated carbocycles. The van der Waals surface area contributed by atoms with Crippen LogP contribution in [0, 0.1) is 0 Å². The van der Waals surface area contributed by atoms with Crippen molar-refractivity contribution < 1.29 is 39.6 Å². The second kappa shape index (κ2) is 12.4. The Hall–Kier alpha value is -7.06. The fraction of sp³-hybridized carbons (Fsp3) is 0.0455. The molecule has 6 aromatic rings. The third-order valence-electron chi connectivity index (χ3n) is 10.0. The summed E-state index contributed by atoms with van der Waals surface area (Å²) in [5, 5.41) is 40.3. The maximum Gasteiger partial charge on any atom is 0.335 e. The van der Waals surface area contributed by atoms with Gasteiger partial charge in [-0.25, -0.2) is 19.2 Å². The Morgan fingerprint density at radius 2 is 0.962 bits per heavy atom. The Morgan fingerprint density at radius 3 is 1.46 bits per heavy atom. The van der Waals surface area contributed by atoms with Crippen LogP contribution in [0.5, 0.6) is 0 Å². The van der Waals surface area contributed by atoms with E-state index in [1.165, 1.54) is 0 Å². The zero-order chi connectivity index (χ0) is 36.3. The lowest BCUT2D eigenvalue weighted by atomic mass is 9.70. The summed E-state index contributed by atoms with van der Waals surface area (Å²) in [6, 6.07) is 33.3. The smallest absolute Gasteiger partial charge is 0.335 e. The molecule has 0 radical (unpaired) electrons. The van der Waals surface area contributed by atoms with E-state index >= 15 is 0 Å². The number of rotatable bonds is 8. The molecule has 0 aliphatic heterocycles. The molecule has 0 fully saturated rings. The van der Waals surface area contributed by atoms with Gasteiger partial charge < -0.3 is 20.4 Å². The summed E-state index contributed by atoms with van der Waals surface area (Å²) in [5.41, 5.74) is 10.8. The number of carboxylic acid groups (broad SMARTS) is 4. The Kier molecular flexibility index (Phi) is 7.65. The maximum absolute atomic E-state index is 11.7. The van der Waals surface area contributed by atoms with Crippen LogP contribution in [0.25, 0.3) is 44.2 Å². The molecule has 6 aromatic carbocycles. The lowest BCUT2D eigenvalue weighted by molar-refractivity contribution is 0.0686. The molecule has 0 heterocycles. The molecule has 0 bridgehead atoms. The first kappa shape index (κ1) is 32.2. The van der Waals surface area contributed by atoms with Crippen LogP contribution in [0.1, 0.15) is 75.2 Å². The van der Waals surface area contributed by atoms with Crippen molar-refractivity contribution in [3.05, 3.63) is 177 Å². The average molecular weight is 685 g/mol. The molecule has 0 spiro atoms. The highest BCUT2D eigenvalue weighted by Crippen LogP contribution is 2.53. The van der Waals surface area contributed by atoms with E-state index < -0.39 is 23.9 Å². The van der Waals surface area contributed by atoms with E-state index in [0.717, 1.165) is 72.0 Å². The highest BCUT2D eigenvalue weighted by atomic mass is 16.4. The van der Waals surface area contributed by atoms with Crippen LogP contribution in [0.3, 0.4) is 0 Å². The van der Waals surface area contributed by atoms with Crippen molar-refractivity contribution in [2.24, 2.45) is 0 Å². The predicted molar refractivity (Wildman–Crippen MR) is 197 cm³/mol. The Morgan fingerprint density at radius 1 is 0.500 bits per heavy atom. The number of benzene rings is 6. The fourth-order valence-corrected chi connectivity index (χ4v) is 7.50. The van der Waals surface area contributed by atoms with Crippen molar-refractivity contribution in [3.8, 4) is 22.3 Å². The molecule has 1 unspecified atom stereocenters. The number of carboxylic acids is 4. The molecule has 0 saturated heterocycles. The summed E-state index contributed by atoms with van der Waals surface area (Å²) < 4.78 is 0. The van der Waals surface area contributed by atoms with E-state index in [0.29, 0.717) is 6.42 Å². The topological polar surface area (TPSA) is 149 Å². The summed E-state index contributed by atoms with van der Waals surface area (Å²) in [4.78, 5) is 46.9. The van der Waals surface area contributed by atoms with Crippen LogP contribution in [0.15, 0.2) is 127 Å². The van der Waals surface area contributed by atoms with Crippen LogP contribution >= 0.6 is 0 Å². The largest absolute Gasteiger partial charge is 0.478 e. The first-order chi connectivity index (χ1) is 25.1. The number of hydrogen-bond donors (Lipinski definition) is 4. The van der Waals surface area contributed by atoms with E-state index in [1.54, 1.807) is 84.9 Å². The van der Waals surface area contributed by atoms with Crippen molar-refractivity contribution in [1.29, 1.82) is 0 Å². The number of aromatic carboxylic acids is 4. The average Bonchev–Trinajstić information content (AvgIpc) is 3.16. The van der Waals surface area contributed by atoms with Crippen molar-refractivity contribution in [2.75, 3.05) is 0 Å². The van der Waals surface area contributed by atoms with Crippen molar-refractivity contribution in [3.63, 3.8) is 0 Å². The summed E-state index contributed by atoms with van der Waals surface area (Å²) in [7, 11) is 0. The monoisotopic (exact) mass is 684 g/mol. The Labute approximate surface area is 296 Å². The molecule has 8 heteroatoms. The molecule has 52 heavy (non-hydrogen) atoms. The van der Waals surface area contributed by atoms with Crippen LogP contribution in [0.2, 0.25) is 0 Å². The second-order valence-corrected chi connectivity index (χ2v) is 12.9. The van der Waals surface area contributed by atoms with E-state index in [9.17, 15) is 39.6 Å². The van der Waals surface area contributed by atoms with Crippen molar-refractivity contribution in [1.82, 2.24) is 0 Å². The minimum Gasteiger partial charge on any atom is -0.478 e. The van der Waals surface area contributed by atoms with Gasteiger partial charge in [-0.1, -0.05) is 72.8 Å². The first-order valence-corrected chi connectivity index (χ1v) is 16.5. The first-order valence-electron chi connectivity index (χ1n) is 16.5. The van der Waals surface area contributed by atoms with E-state index in [1.807, 2.05) is 12.1 Å².